The van der Waals surface area contributed by atoms with Crippen molar-refractivity contribution in [2.45, 2.75) is 39.5 Å². The quantitative estimate of drug-likeness (QED) is 0.462. The van der Waals surface area contributed by atoms with Crippen molar-refractivity contribution < 1.29 is 8.76 Å². The predicted molar refractivity (Wildman–Crippen MR) is 53.4 cm³/mol. The Kier molecular flexibility index (Phi) is 8.64. The standard InChI is InChI=1S/C8H20N2O2S/c1-3-5-6-8(4-2)7-9-10-13(11)12/h8-10H,3-7H2,1-2H3,(H,11,12)/p-1. The molecule has 0 fully saturated rings. The van der Waals surface area contributed by atoms with E-state index in [1.165, 1.54) is 12.8 Å². The smallest absolute Gasteiger partial charge is 0.0324 e. The van der Waals surface area contributed by atoms with E-state index in [4.69, 9.17) is 0 Å². The zero-order valence-corrected chi connectivity index (χ0v) is 9.15. The molecule has 4 nitrogen and oxygen atoms in total. The summed E-state index contributed by atoms with van der Waals surface area (Å²) in [5.41, 5.74) is 2.68. The van der Waals surface area contributed by atoms with Crippen LogP contribution < -0.4 is 10.3 Å². The fourth-order valence-corrected chi connectivity index (χ4v) is 1.39. The van der Waals surface area contributed by atoms with Gasteiger partial charge in [-0.25, -0.2) is 5.43 Å². The number of rotatable bonds is 8. The van der Waals surface area contributed by atoms with Crippen LogP contribution in [0.4, 0.5) is 0 Å². The molecule has 0 rings (SSSR count). The summed E-state index contributed by atoms with van der Waals surface area (Å²) in [5, 5.41) is 0. The Balaban J connectivity index is 3.41. The van der Waals surface area contributed by atoms with E-state index in [1.54, 1.807) is 0 Å². The molecule has 2 N–H and O–H groups in total. The first-order valence-corrected chi connectivity index (χ1v) is 5.85. The minimum absolute atomic E-state index is 0.566. The Bertz CT molecular complexity index is 144. The SMILES string of the molecule is CCCCC(CC)CNNS(=O)[O-]. The van der Waals surface area contributed by atoms with Crippen molar-refractivity contribution >= 4 is 11.3 Å². The van der Waals surface area contributed by atoms with Crippen LogP contribution in [-0.4, -0.2) is 15.3 Å². The van der Waals surface area contributed by atoms with Gasteiger partial charge in [-0.3, -0.25) is 4.21 Å². The van der Waals surface area contributed by atoms with E-state index in [0.29, 0.717) is 12.5 Å². The molecular weight excluding hydrogens is 188 g/mol. The maximum atomic E-state index is 10.1. The average molecular weight is 207 g/mol. The second-order valence-electron chi connectivity index (χ2n) is 3.13. The molecule has 0 radical (unpaired) electrons. The molecular formula is C8H19N2O2S-. The molecule has 0 aliphatic heterocycles. The molecule has 0 saturated carbocycles. The van der Waals surface area contributed by atoms with E-state index in [0.717, 1.165) is 12.8 Å². The second kappa shape index (κ2) is 8.62. The second-order valence-corrected chi connectivity index (χ2v) is 3.81. The van der Waals surface area contributed by atoms with Crippen LogP contribution in [0.15, 0.2) is 0 Å². The number of unbranched alkanes of at least 4 members (excludes halogenated alkanes) is 1. The lowest BCUT2D eigenvalue weighted by Gasteiger charge is -2.16. The molecule has 0 aliphatic rings. The monoisotopic (exact) mass is 207 g/mol. The third-order valence-electron chi connectivity index (χ3n) is 2.09. The molecule has 0 aromatic rings. The number of hydrazine groups is 1. The van der Waals surface area contributed by atoms with Crippen molar-refractivity contribution in [2.75, 3.05) is 6.54 Å². The maximum absolute atomic E-state index is 10.1. The molecule has 2 unspecified atom stereocenters. The Labute approximate surface area is 82.9 Å². The fraction of sp³-hybridized carbons (Fsp3) is 1.00. The van der Waals surface area contributed by atoms with Gasteiger partial charge in [0, 0.05) is 17.8 Å². The van der Waals surface area contributed by atoms with Crippen LogP contribution >= 0.6 is 0 Å². The molecule has 0 amide bonds. The Hall–Kier alpha value is 0.0300. The molecule has 80 valence electrons. The molecule has 0 aromatic heterocycles. The van der Waals surface area contributed by atoms with E-state index < -0.39 is 11.3 Å². The highest BCUT2D eigenvalue weighted by molar-refractivity contribution is 7.76. The third kappa shape index (κ3) is 8.36. The first-order valence-electron chi connectivity index (χ1n) is 4.78. The van der Waals surface area contributed by atoms with E-state index in [-0.39, 0.29) is 0 Å². The summed E-state index contributed by atoms with van der Waals surface area (Å²) < 4.78 is 20.2. The van der Waals surface area contributed by atoms with Gasteiger partial charge in [0.15, 0.2) is 0 Å². The van der Waals surface area contributed by atoms with E-state index in [1.807, 2.05) is 0 Å². The Morgan fingerprint density at radius 3 is 2.62 bits per heavy atom. The Morgan fingerprint density at radius 1 is 1.46 bits per heavy atom. The van der Waals surface area contributed by atoms with E-state index >= 15 is 0 Å². The van der Waals surface area contributed by atoms with Gasteiger partial charge in [-0.15, -0.1) is 0 Å². The van der Waals surface area contributed by atoms with Crippen LogP contribution in [0.1, 0.15) is 39.5 Å². The normalized spacial score (nSPS) is 15.6. The zero-order chi connectivity index (χ0) is 10.1. The van der Waals surface area contributed by atoms with Gasteiger partial charge in [-0.1, -0.05) is 33.1 Å². The molecule has 5 heteroatoms. The molecule has 2 atom stereocenters. The molecule has 13 heavy (non-hydrogen) atoms. The van der Waals surface area contributed by atoms with Gasteiger partial charge in [0.25, 0.3) is 0 Å². The number of hydrogen-bond acceptors (Lipinski definition) is 3. The number of hydrogen-bond donors (Lipinski definition) is 2. The predicted octanol–water partition coefficient (Wildman–Crippen LogP) is 1.09. The fourth-order valence-electron chi connectivity index (χ4n) is 1.19. The summed E-state index contributed by atoms with van der Waals surface area (Å²) in [7, 11) is 0. The Morgan fingerprint density at radius 2 is 2.15 bits per heavy atom. The van der Waals surface area contributed by atoms with Crippen LogP contribution in [-0.2, 0) is 11.3 Å². The summed E-state index contributed by atoms with van der Waals surface area (Å²) in [6, 6.07) is 0. The molecule has 0 spiro atoms. The molecule has 0 bridgehead atoms. The van der Waals surface area contributed by atoms with Gasteiger partial charge >= 0.3 is 0 Å². The van der Waals surface area contributed by atoms with Gasteiger partial charge in [-0.05, 0) is 12.3 Å². The van der Waals surface area contributed by atoms with Crippen molar-refractivity contribution in [1.82, 2.24) is 10.3 Å². The van der Waals surface area contributed by atoms with Crippen LogP contribution in [0.3, 0.4) is 0 Å². The summed E-state index contributed by atoms with van der Waals surface area (Å²) in [4.78, 5) is 2.15. The van der Waals surface area contributed by atoms with Crippen molar-refractivity contribution in [3.63, 3.8) is 0 Å². The van der Waals surface area contributed by atoms with Crippen molar-refractivity contribution in [2.24, 2.45) is 5.92 Å². The van der Waals surface area contributed by atoms with E-state index in [9.17, 15) is 8.76 Å². The van der Waals surface area contributed by atoms with Crippen molar-refractivity contribution in [1.29, 1.82) is 0 Å². The van der Waals surface area contributed by atoms with Gasteiger partial charge in [0.1, 0.15) is 0 Å². The lowest BCUT2D eigenvalue weighted by Crippen LogP contribution is -2.36. The highest BCUT2D eigenvalue weighted by Gasteiger charge is 2.04. The molecule has 0 aliphatic carbocycles. The lowest BCUT2D eigenvalue weighted by molar-refractivity contribution is 0.406. The topological polar surface area (TPSA) is 64.2 Å². The number of nitrogens with one attached hydrogen (secondary N) is 2. The van der Waals surface area contributed by atoms with Crippen LogP contribution in [0.2, 0.25) is 0 Å². The minimum Gasteiger partial charge on any atom is -0.759 e. The van der Waals surface area contributed by atoms with Crippen LogP contribution in [0.25, 0.3) is 0 Å². The first kappa shape index (κ1) is 13.0. The summed E-state index contributed by atoms with van der Waals surface area (Å²) in [6.45, 7) is 4.99. The lowest BCUT2D eigenvalue weighted by atomic mass is 10.00. The average Bonchev–Trinajstić information content (AvgIpc) is 2.10. The van der Waals surface area contributed by atoms with Crippen LogP contribution in [0, 0.1) is 5.92 Å². The molecule has 0 aromatic carbocycles. The summed E-state index contributed by atoms with van der Waals surface area (Å²) in [6.07, 6.45) is 4.64. The van der Waals surface area contributed by atoms with E-state index in [2.05, 4.69) is 24.1 Å². The molecule has 0 heterocycles. The zero-order valence-electron chi connectivity index (χ0n) is 8.34. The van der Waals surface area contributed by atoms with Crippen molar-refractivity contribution in [3.8, 4) is 0 Å². The highest BCUT2D eigenvalue weighted by Crippen LogP contribution is 2.10. The molecule has 0 saturated heterocycles. The van der Waals surface area contributed by atoms with Gasteiger partial charge in [0.2, 0.25) is 0 Å². The summed E-state index contributed by atoms with van der Waals surface area (Å²) in [5.74, 6) is 0.566. The summed E-state index contributed by atoms with van der Waals surface area (Å²) >= 11 is -2.20. The van der Waals surface area contributed by atoms with Crippen molar-refractivity contribution in [3.05, 3.63) is 0 Å². The largest absolute Gasteiger partial charge is 0.759 e. The van der Waals surface area contributed by atoms with Gasteiger partial charge < -0.3 is 4.55 Å². The third-order valence-corrected chi connectivity index (χ3v) is 2.40. The first-order chi connectivity index (χ1) is 6.20. The maximum Gasteiger partial charge on any atom is 0.0324 e. The van der Waals surface area contributed by atoms with Crippen LogP contribution in [0.5, 0.6) is 0 Å². The van der Waals surface area contributed by atoms with Gasteiger partial charge in [0.05, 0.1) is 0 Å². The highest BCUT2D eigenvalue weighted by atomic mass is 32.2. The van der Waals surface area contributed by atoms with Gasteiger partial charge in [-0.2, -0.15) is 4.83 Å². The minimum atomic E-state index is -2.20.